The largest absolute Gasteiger partial charge is 0.481 e. The van der Waals surface area contributed by atoms with E-state index in [0.717, 1.165) is 5.39 Å². The van der Waals surface area contributed by atoms with E-state index in [4.69, 9.17) is 18.3 Å². The van der Waals surface area contributed by atoms with Crippen molar-refractivity contribution in [3.8, 4) is 16.9 Å². The van der Waals surface area contributed by atoms with Crippen molar-refractivity contribution in [2.24, 2.45) is 0 Å². The Hall–Kier alpha value is -3.87. The highest BCUT2D eigenvalue weighted by atomic mass is 16.6. The highest BCUT2D eigenvalue weighted by Crippen LogP contribution is 2.33. The lowest BCUT2D eigenvalue weighted by molar-refractivity contribution is -0.149. The molecule has 4 aromatic rings. The summed E-state index contributed by atoms with van der Waals surface area (Å²) in [7, 11) is 0. The average molecular weight is 420 g/mol. The van der Waals surface area contributed by atoms with Gasteiger partial charge in [0.25, 0.3) is 0 Å². The molecule has 2 aromatic carbocycles. The lowest BCUT2D eigenvalue weighted by Crippen LogP contribution is -2.19. The Morgan fingerprint density at radius 2 is 1.77 bits per heavy atom. The van der Waals surface area contributed by atoms with Gasteiger partial charge in [0.1, 0.15) is 16.9 Å². The van der Waals surface area contributed by atoms with Crippen molar-refractivity contribution in [2.75, 3.05) is 6.61 Å². The first-order chi connectivity index (χ1) is 14.8. The smallest absolute Gasteiger partial charge is 0.344 e. The number of para-hydroxylation sites is 1. The van der Waals surface area contributed by atoms with Gasteiger partial charge in [-0.25, -0.2) is 14.4 Å². The van der Waals surface area contributed by atoms with Crippen LogP contribution in [0.2, 0.25) is 0 Å². The molecule has 0 atom stereocenters. The number of hydrogen-bond donors (Lipinski definition) is 0. The number of carbonyl (C=O) groups is 1. The minimum Gasteiger partial charge on any atom is -0.481 e. The van der Waals surface area contributed by atoms with Crippen LogP contribution in [-0.2, 0) is 9.53 Å². The Kier molecular flexibility index (Phi) is 5.33. The standard InChI is InChI=1S/C24H20O7/c1-13(2)29-22(26)12-28-19-9-8-16-17(11-21(25)31-23(16)14(19)3)18-10-15-6-4-5-7-20(15)30-24(18)27/h4-11,13H,12H2,1-3H3. The molecule has 2 aromatic heterocycles. The predicted octanol–water partition coefficient (Wildman–Crippen LogP) is 4.21. The maximum Gasteiger partial charge on any atom is 0.344 e. The first-order valence-electron chi connectivity index (χ1n) is 9.76. The van der Waals surface area contributed by atoms with Crippen molar-refractivity contribution < 1.29 is 23.1 Å². The summed E-state index contributed by atoms with van der Waals surface area (Å²) >= 11 is 0. The minimum atomic E-state index is -0.616. The molecule has 0 amide bonds. The third kappa shape index (κ3) is 4.07. The Bertz CT molecular complexity index is 1410. The summed E-state index contributed by atoms with van der Waals surface area (Å²) in [5, 5.41) is 1.29. The number of ether oxygens (including phenoxy) is 2. The Balaban J connectivity index is 1.81. The van der Waals surface area contributed by atoms with Crippen molar-refractivity contribution in [3.05, 3.63) is 74.9 Å². The molecule has 0 saturated heterocycles. The number of benzene rings is 2. The van der Waals surface area contributed by atoms with Crippen molar-refractivity contribution in [2.45, 2.75) is 26.9 Å². The van der Waals surface area contributed by atoms with Crippen LogP contribution in [0.5, 0.6) is 5.75 Å². The minimum absolute atomic E-state index is 0.247. The zero-order valence-electron chi connectivity index (χ0n) is 17.3. The van der Waals surface area contributed by atoms with Crippen LogP contribution in [0.4, 0.5) is 0 Å². The van der Waals surface area contributed by atoms with Gasteiger partial charge in [0.05, 0.1) is 11.7 Å². The number of carbonyl (C=O) groups excluding carboxylic acids is 1. The van der Waals surface area contributed by atoms with Crippen LogP contribution in [-0.4, -0.2) is 18.7 Å². The van der Waals surface area contributed by atoms with E-state index in [9.17, 15) is 14.4 Å². The quantitative estimate of drug-likeness (QED) is 0.353. The van der Waals surface area contributed by atoms with Gasteiger partial charge in [-0.2, -0.15) is 0 Å². The van der Waals surface area contributed by atoms with Crippen LogP contribution in [0.1, 0.15) is 19.4 Å². The fourth-order valence-electron chi connectivity index (χ4n) is 3.41. The van der Waals surface area contributed by atoms with Gasteiger partial charge in [0, 0.05) is 28.0 Å². The topological polar surface area (TPSA) is 96.0 Å². The summed E-state index contributed by atoms with van der Waals surface area (Å²) in [5.74, 6) is -0.127. The summed E-state index contributed by atoms with van der Waals surface area (Å²) in [4.78, 5) is 36.7. The molecule has 31 heavy (non-hydrogen) atoms. The zero-order valence-corrected chi connectivity index (χ0v) is 17.3. The maximum absolute atomic E-state index is 12.6. The molecule has 0 saturated carbocycles. The van der Waals surface area contributed by atoms with Crippen LogP contribution in [0, 0.1) is 6.92 Å². The summed E-state index contributed by atoms with van der Waals surface area (Å²) < 4.78 is 21.5. The highest BCUT2D eigenvalue weighted by molar-refractivity contribution is 5.97. The molecule has 0 N–H and O–H groups in total. The first kappa shape index (κ1) is 20.4. The molecule has 0 unspecified atom stereocenters. The van der Waals surface area contributed by atoms with E-state index in [0.29, 0.717) is 27.8 Å². The van der Waals surface area contributed by atoms with Crippen molar-refractivity contribution in [1.29, 1.82) is 0 Å². The second-order valence-corrected chi connectivity index (χ2v) is 7.36. The molecule has 0 radical (unpaired) electrons. The van der Waals surface area contributed by atoms with E-state index < -0.39 is 17.2 Å². The first-order valence-corrected chi connectivity index (χ1v) is 9.76. The molecule has 0 aliphatic carbocycles. The lowest BCUT2D eigenvalue weighted by Gasteiger charge is -2.13. The molecule has 0 spiro atoms. The summed E-state index contributed by atoms with van der Waals surface area (Å²) in [6.07, 6.45) is -0.247. The van der Waals surface area contributed by atoms with E-state index in [1.54, 1.807) is 51.1 Å². The molecule has 0 aliphatic rings. The van der Waals surface area contributed by atoms with Gasteiger partial charge in [-0.15, -0.1) is 0 Å². The van der Waals surface area contributed by atoms with Gasteiger partial charge in [-0.05, 0) is 45.0 Å². The number of fused-ring (bicyclic) bond motifs is 2. The third-order valence-electron chi connectivity index (χ3n) is 4.76. The van der Waals surface area contributed by atoms with Crippen LogP contribution >= 0.6 is 0 Å². The monoisotopic (exact) mass is 420 g/mol. The van der Waals surface area contributed by atoms with Crippen LogP contribution in [0.3, 0.4) is 0 Å². The van der Waals surface area contributed by atoms with E-state index in [1.807, 2.05) is 12.1 Å². The highest BCUT2D eigenvalue weighted by Gasteiger charge is 2.17. The van der Waals surface area contributed by atoms with Gasteiger partial charge in [-0.1, -0.05) is 18.2 Å². The molecule has 0 fully saturated rings. The Morgan fingerprint density at radius 3 is 2.55 bits per heavy atom. The third-order valence-corrected chi connectivity index (χ3v) is 4.76. The average Bonchev–Trinajstić information content (AvgIpc) is 2.72. The van der Waals surface area contributed by atoms with E-state index in [-0.39, 0.29) is 23.9 Å². The van der Waals surface area contributed by atoms with Gasteiger partial charge in [-0.3, -0.25) is 0 Å². The van der Waals surface area contributed by atoms with E-state index in [1.165, 1.54) is 6.07 Å². The number of esters is 1. The second-order valence-electron chi connectivity index (χ2n) is 7.36. The fraction of sp³-hybridized carbons (Fsp3) is 0.208. The summed E-state index contributed by atoms with van der Waals surface area (Å²) in [5.41, 5.74) is 0.742. The molecule has 0 aliphatic heterocycles. The van der Waals surface area contributed by atoms with Gasteiger partial charge >= 0.3 is 17.2 Å². The normalized spacial score (nSPS) is 11.2. The lowest BCUT2D eigenvalue weighted by atomic mass is 10.0. The second kappa shape index (κ2) is 8.10. The van der Waals surface area contributed by atoms with Crippen molar-refractivity contribution in [1.82, 2.24) is 0 Å². The zero-order chi connectivity index (χ0) is 22.1. The molecule has 7 heteroatoms. The van der Waals surface area contributed by atoms with Gasteiger partial charge in [0.15, 0.2) is 6.61 Å². The number of hydrogen-bond acceptors (Lipinski definition) is 7. The van der Waals surface area contributed by atoms with E-state index in [2.05, 4.69) is 0 Å². The summed E-state index contributed by atoms with van der Waals surface area (Å²) in [6, 6.07) is 13.4. The molecular formula is C24H20O7. The number of rotatable bonds is 5. The fourth-order valence-corrected chi connectivity index (χ4v) is 3.41. The molecule has 4 rings (SSSR count). The van der Waals surface area contributed by atoms with Crippen LogP contribution < -0.4 is 16.0 Å². The SMILES string of the molecule is Cc1c(OCC(=O)OC(C)C)ccc2c(-c3cc4ccccc4oc3=O)cc(=O)oc12. The molecule has 2 heterocycles. The summed E-state index contributed by atoms with van der Waals surface area (Å²) in [6.45, 7) is 4.93. The predicted molar refractivity (Wildman–Crippen MR) is 115 cm³/mol. The van der Waals surface area contributed by atoms with Crippen molar-refractivity contribution >= 4 is 27.9 Å². The van der Waals surface area contributed by atoms with Crippen molar-refractivity contribution in [3.63, 3.8) is 0 Å². The van der Waals surface area contributed by atoms with Crippen LogP contribution in [0.25, 0.3) is 33.1 Å². The molecule has 7 nitrogen and oxygen atoms in total. The maximum atomic E-state index is 12.6. The molecule has 0 bridgehead atoms. The Morgan fingerprint density at radius 1 is 1.00 bits per heavy atom. The Labute approximate surface area is 176 Å². The van der Waals surface area contributed by atoms with Crippen LogP contribution in [0.15, 0.2) is 67.0 Å². The molecular weight excluding hydrogens is 400 g/mol. The molecule has 158 valence electrons. The van der Waals surface area contributed by atoms with Gasteiger partial charge < -0.3 is 18.3 Å². The number of aryl methyl sites for hydroxylation is 1. The van der Waals surface area contributed by atoms with E-state index >= 15 is 0 Å². The van der Waals surface area contributed by atoms with Gasteiger partial charge in [0.2, 0.25) is 0 Å².